The van der Waals surface area contributed by atoms with Crippen molar-refractivity contribution in [1.29, 1.82) is 0 Å². The first-order valence-corrected chi connectivity index (χ1v) is 10.3. The van der Waals surface area contributed by atoms with Crippen molar-refractivity contribution in [2.24, 2.45) is 0 Å². The van der Waals surface area contributed by atoms with Gasteiger partial charge in [0.05, 0.1) is 0 Å². The normalized spacial score (nSPS) is 7.50. The molecule has 3 heteroatoms. The van der Waals surface area contributed by atoms with Gasteiger partial charge in [0.25, 0.3) is 0 Å². The molecule has 0 saturated carbocycles. The number of carbonyl (C=O) groups is 1. The van der Waals surface area contributed by atoms with Gasteiger partial charge in [0.1, 0.15) is 0 Å². The monoisotopic (exact) mass is 333 g/mol. The maximum atomic E-state index is 11.0. The van der Waals surface area contributed by atoms with Crippen LogP contribution in [0.3, 0.4) is 0 Å². The van der Waals surface area contributed by atoms with E-state index in [0.717, 1.165) is 4.44 Å². The first kappa shape index (κ1) is 21.1. The van der Waals surface area contributed by atoms with Crippen molar-refractivity contribution in [3.8, 4) is 12.3 Å². The van der Waals surface area contributed by atoms with Crippen LogP contribution < -0.4 is 5.32 Å². The van der Waals surface area contributed by atoms with Gasteiger partial charge < -0.3 is 0 Å². The van der Waals surface area contributed by atoms with E-state index < -0.39 is 0 Å². The van der Waals surface area contributed by atoms with E-state index in [4.69, 9.17) is 6.42 Å². The largest absolute Gasteiger partial charge is 0.0683 e. The summed E-state index contributed by atoms with van der Waals surface area (Å²) in [5, 5.41) is 2.79. The van der Waals surface area contributed by atoms with Gasteiger partial charge in [-0.1, -0.05) is 27.7 Å². The summed E-state index contributed by atoms with van der Waals surface area (Å²) in [5.41, 5.74) is 0. The summed E-state index contributed by atoms with van der Waals surface area (Å²) in [7, 11) is 0. The Labute approximate surface area is 112 Å². The molecule has 0 aromatic rings. The summed E-state index contributed by atoms with van der Waals surface area (Å²) >= 11 is -0.192. The first-order chi connectivity index (χ1) is 7.81. The Hall–Kier alpha value is -0.171. The second kappa shape index (κ2) is 24.2. The molecule has 0 rings (SSSR count). The number of rotatable bonds is 6. The van der Waals surface area contributed by atoms with Crippen LogP contribution in [0.4, 0.5) is 0 Å². The summed E-state index contributed by atoms with van der Waals surface area (Å²) < 4.78 is 2.47. The molecule has 0 aromatic heterocycles. The van der Waals surface area contributed by atoms with Crippen molar-refractivity contribution in [2.75, 3.05) is 6.54 Å². The molecular weight excluding hydrogens is 305 g/mol. The number of amides is 1. The molecule has 2 radical (unpaired) electrons. The summed E-state index contributed by atoms with van der Waals surface area (Å²) in [6.45, 7) is 10.8. The number of terminal acetylenes is 1. The molecule has 16 heavy (non-hydrogen) atoms. The van der Waals surface area contributed by atoms with Crippen molar-refractivity contribution >= 4 is 27.0 Å². The van der Waals surface area contributed by atoms with Gasteiger partial charge in [0.15, 0.2) is 0 Å². The van der Waals surface area contributed by atoms with Gasteiger partial charge in [0, 0.05) is 0 Å². The predicted octanol–water partition coefficient (Wildman–Crippen LogP) is 3.13. The summed E-state index contributed by atoms with van der Waals surface area (Å²) in [4.78, 5) is 11.0. The Bertz CT molecular complexity index is 164. The van der Waals surface area contributed by atoms with Crippen molar-refractivity contribution in [2.45, 2.75) is 56.3 Å². The summed E-state index contributed by atoms with van der Waals surface area (Å²) in [6.07, 6.45) is 6.39. The molecule has 0 atom stereocenters. The zero-order chi connectivity index (χ0) is 13.2. The molecule has 0 spiro atoms. The molecule has 0 fully saturated rings. The minimum absolute atomic E-state index is 0.166. The Balaban J connectivity index is -0.000000376. The summed E-state index contributed by atoms with van der Waals surface area (Å²) in [6, 6.07) is 0. The number of carbonyl (C=O) groups excluding carboxylic acids is 1. The molecule has 1 N–H and O–H groups in total. The van der Waals surface area contributed by atoms with Crippen LogP contribution in [-0.4, -0.2) is 33.6 Å². The standard InChI is InChI=1S/C7H10NO.2C2H6.C2H5.Sn/c1-3-5-6-8-7(9)4-2;3*1-2;/h1H,2,4-6H2,(H,8,9);2*1-2H3;1H2,2H3;. The van der Waals surface area contributed by atoms with Gasteiger partial charge in [-0.2, -0.15) is 0 Å². The fourth-order valence-electron chi connectivity index (χ4n) is 0.741. The van der Waals surface area contributed by atoms with Gasteiger partial charge in [-0.05, 0) is 0 Å². The number of hydrogen-bond acceptors (Lipinski definition) is 1. The molecule has 0 saturated heterocycles. The molecule has 0 aromatic carbocycles. The van der Waals surface area contributed by atoms with Gasteiger partial charge in [-0.3, -0.25) is 0 Å². The predicted molar refractivity (Wildman–Crippen MR) is 74.8 cm³/mol. The Kier molecular flexibility index (Phi) is 32.0. The van der Waals surface area contributed by atoms with Crippen molar-refractivity contribution < 1.29 is 4.79 Å². The molecular formula is C13H27NOSn. The van der Waals surface area contributed by atoms with Gasteiger partial charge >= 0.3 is 84.7 Å². The Morgan fingerprint density at radius 1 is 1.31 bits per heavy atom. The van der Waals surface area contributed by atoms with E-state index >= 15 is 0 Å². The third kappa shape index (κ3) is 23.6. The molecule has 1 amide bonds. The van der Waals surface area contributed by atoms with E-state index in [1.54, 1.807) is 0 Å². The second-order valence-corrected chi connectivity index (χ2v) is 7.28. The third-order valence-electron chi connectivity index (χ3n) is 1.37. The van der Waals surface area contributed by atoms with E-state index in [1.165, 1.54) is 4.44 Å². The van der Waals surface area contributed by atoms with Crippen molar-refractivity contribution in [1.82, 2.24) is 5.32 Å². The topological polar surface area (TPSA) is 29.1 Å². The minimum Gasteiger partial charge on any atom is -0.0683 e. The Morgan fingerprint density at radius 3 is 2.31 bits per heavy atom. The number of hydrogen-bond donors (Lipinski definition) is 1. The molecule has 94 valence electrons. The molecule has 0 aliphatic heterocycles. The Morgan fingerprint density at radius 2 is 1.88 bits per heavy atom. The van der Waals surface area contributed by atoms with Crippen LogP contribution in [0, 0.1) is 12.3 Å². The zero-order valence-corrected chi connectivity index (χ0v) is 14.4. The van der Waals surface area contributed by atoms with Crippen molar-refractivity contribution in [3.05, 3.63) is 0 Å². The molecule has 0 unspecified atom stereocenters. The summed E-state index contributed by atoms with van der Waals surface area (Å²) in [5.74, 6) is 2.65. The smallest absolute Gasteiger partial charge is 0.0683 e. The van der Waals surface area contributed by atoms with Crippen LogP contribution >= 0.6 is 0 Å². The number of nitrogens with one attached hydrogen (secondary N) is 1. The SMILES string of the molecule is C#CCCNC(=O)C[CH2][Sn][CH2]C.CC.CC. The zero-order valence-electron chi connectivity index (χ0n) is 11.5. The first-order valence-electron chi connectivity index (χ1n) is 6.22. The van der Waals surface area contributed by atoms with E-state index in [1.807, 2.05) is 27.7 Å². The van der Waals surface area contributed by atoms with E-state index in [9.17, 15) is 4.79 Å². The molecule has 0 aliphatic carbocycles. The fraction of sp³-hybridized carbons (Fsp3) is 0.769. The third-order valence-corrected chi connectivity index (χ3v) is 4.52. The molecule has 0 bridgehead atoms. The maximum absolute atomic E-state index is 11.0. The minimum atomic E-state index is -0.192. The van der Waals surface area contributed by atoms with E-state index in [0.29, 0.717) is 19.4 Å². The molecule has 2 nitrogen and oxygen atoms in total. The average Bonchev–Trinajstić information content (AvgIpc) is 2.35. The molecule has 0 heterocycles. The van der Waals surface area contributed by atoms with Crippen molar-refractivity contribution in [3.63, 3.8) is 0 Å². The van der Waals surface area contributed by atoms with Crippen LogP contribution in [0.2, 0.25) is 8.87 Å². The molecule has 0 aliphatic rings. The van der Waals surface area contributed by atoms with Gasteiger partial charge in [-0.25, -0.2) is 0 Å². The fourth-order valence-corrected chi connectivity index (χ4v) is 2.90. The van der Waals surface area contributed by atoms with Crippen LogP contribution in [0.1, 0.15) is 47.5 Å². The van der Waals surface area contributed by atoms with Crippen LogP contribution in [0.15, 0.2) is 0 Å². The van der Waals surface area contributed by atoms with E-state index in [2.05, 4.69) is 18.2 Å². The van der Waals surface area contributed by atoms with Gasteiger partial charge in [-0.15, -0.1) is 0 Å². The van der Waals surface area contributed by atoms with Gasteiger partial charge in [0.2, 0.25) is 0 Å². The van der Waals surface area contributed by atoms with Crippen LogP contribution in [-0.2, 0) is 4.79 Å². The maximum Gasteiger partial charge on any atom is -0.0683 e. The van der Waals surface area contributed by atoms with E-state index in [-0.39, 0.29) is 27.0 Å². The second-order valence-electron chi connectivity index (χ2n) is 2.41. The van der Waals surface area contributed by atoms with Crippen LogP contribution in [0.5, 0.6) is 0 Å². The van der Waals surface area contributed by atoms with Crippen LogP contribution in [0.25, 0.3) is 0 Å². The quantitative estimate of drug-likeness (QED) is 0.452. The average molecular weight is 332 g/mol.